The molecule has 2 aromatic rings. The second kappa shape index (κ2) is 3.88. The van der Waals surface area contributed by atoms with Crippen molar-refractivity contribution < 1.29 is 8.91 Å². The van der Waals surface area contributed by atoms with Crippen LogP contribution < -0.4 is 5.73 Å². The summed E-state index contributed by atoms with van der Waals surface area (Å²) in [5.74, 6) is 0.644. The number of hydrogen-bond donors (Lipinski definition) is 1. The largest absolute Gasteiger partial charge is 0.337 e. The van der Waals surface area contributed by atoms with E-state index in [0.29, 0.717) is 17.4 Å². The van der Waals surface area contributed by atoms with Gasteiger partial charge in [0.1, 0.15) is 5.82 Å². The van der Waals surface area contributed by atoms with E-state index in [1.807, 2.05) is 6.92 Å². The van der Waals surface area contributed by atoms with E-state index in [0.717, 1.165) is 12.8 Å². The van der Waals surface area contributed by atoms with E-state index in [9.17, 15) is 4.39 Å². The van der Waals surface area contributed by atoms with Crippen molar-refractivity contribution in [2.24, 2.45) is 11.7 Å². The Morgan fingerprint density at radius 1 is 1.39 bits per heavy atom. The molecule has 5 heteroatoms. The molecule has 18 heavy (non-hydrogen) atoms. The van der Waals surface area contributed by atoms with Crippen molar-refractivity contribution in [1.82, 2.24) is 10.1 Å². The minimum absolute atomic E-state index is 0.250. The van der Waals surface area contributed by atoms with E-state index in [1.54, 1.807) is 18.2 Å². The molecule has 0 aliphatic heterocycles. The van der Waals surface area contributed by atoms with Gasteiger partial charge in [0.05, 0.1) is 11.1 Å². The zero-order valence-electron chi connectivity index (χ0n) is 10.1. The van der Waals surface area contributed by atoms with Crippen molar-refractivity contribution in [3.63, 3.8) is 0 Å². The van der Waals surface area contributed by atoms with E-state index in [2.05, 4.69) is 10.1 Å². The Hall–Kier alpha value is -1.75. The first kappa shape index (κ1) is 11.3. The maximum atomic E-state index is 13.6. The highest BCUT2D eigenvalue weighted by Gasteiger charge is 2.43. The summed E-state index contributed by atoms with van der Waals surface area (Å²) < 4.78 is 18.8. The van der Waals surface area contributed by atoms with Crippen molar-refractivity contribution >= 4 is 0 Å². The summed E-state index contributed by atoms with van der Waals surface area (Å²) in [6.45, 7) is 1.88. The molecule has 2 N–H and O–H groups in total. The lowest BCUT2D eigenvalue weighted by Crippen LogP contribution is -2.35. The molecule has 4 nitrogen and oxygen atoms in total. The SMILES string of the molecule is CC(N)(c1nc(-c2ccccc2F)no1)C1CC1. The Morgan fingerprint density at radius 3 is 2.78 bits per heavy atom. The third-order valence-electron chi connectivity index (χ3n) is 3.43. The van der Waals surface area contributed by atoms with Gasteiger partial charge in [-0.25, -0.2) is 4.39 Å². The minimum Gasteiger partial charge on any atom is -0.337 e. The summed E-state index contributed by atoms with van der Waals surface area (Å²) in [4.78, 5) is 4.23. The van der Waals surface area contributed by atoms with E-state index in [-0.39, 0.29) is 11.6 Å². The number of rotatable bonds is 3. The maximum absolute atomic E-state index is 13.6. The Labute approximate surface area is 104 Å². The van der Waals surface area contributed by atoms with Crippen molar-refractivity contribution in [3.8, 4) is 11.4 Å². The Balaban J connectivity index is 1.97. The summed E-state index contributed by atoms with van der Waals surface area (Å²) in [5.41, 5.74) is 5.90. The normalized spacial score (nSPS) is 18.6. The topological polar surface area (TPSA) is 64.9 Å². The molecular weight excluding hydrogens is 233 g/mol. The smallest absolute Gasteiger partial charge is 0.247 e. The summed E-state index contributed by atoms with van der Waals surface area (Å²) >= 11 is 0. The van der Waals surface area contributed by atoms with E-state index >= 15 is 0 Å². The molecule has 3 rings (SSSR count). The fraction of sp³-hybridized carbons (Fsp3) is 0.385. The van der Waals surface area contributed by atoms with Gasteiger partial charge in [-0.2, -0.15) is 4.98 Å². The molecule has 1 aliphatic carbocycles. The predicted molar refractivity (Wildman–Crippen MR) is 64.0 cm³/mol. The van der Waals surface area contributed by atoms with Gasteiger partial charge in [-0.05, 0) is 37.8 Å². The molecule has 0 saturated heterocycles. The maximum Gasteiger partial charge on any atom is 0.247 e. The molecule has 1 saturated carbocycles. The van der Waals surface area contributed by atoms with Crippen LogP contribution >= 0.6 is 0 Å². The van der Waals surface area contributed by atoms with Gasteiger partial charge in [0.2, 0.25) is 11.7 Å². The molecule has 1 fully saturated rings. The van der Waals surface area contributed by atoms with E-state index < -0.39 is 5.54 Å². The fourth-order valence-electron chi connectivity index (χ4n) is 2.05. The van der Waals surface area contributed by atoms with Crippen LogP contribution in [-0.2, 0) is 5.54 Å². The molecule has 1 aromatic heterocycles. The number of benzene rings is 1. The molecule has 0 radical (unpaired) electrons. The van der Waals surface area contributed by atoms with E-state index in [1.165, 1.54) is 6.07 Å². The molecule has 1 aromatic carbocycles. The molecule has 0 spiro atoms. The highest BCUT2D eigenvalue weighted by Crippen LogP contribution is 2.43. The summed E-state index contributed by atoms with van der Waals surface area (Å²) in [6.07, 6.45) is 2.15. The summed E-state index contributed by atoms with van der Waals surface area (Å²) in [6, 6.07) is 6.34. The van der Waals surface area contributed by atoms with Crippen LogP contribution in [0.3, 0.4) is 0 Å². The molecule has 0 amide bonds. The highest BCUT2D eigenvalue weighted by atomic mass is 19.1. The molecule has 1 heterocycles. The Morgan fingerprint density at radius 2 is 2.11 bits per heavy atom. The van der Waals surface area contributed by atoms with Gasteiger partial charge >= 0.3 is 0 Å². The molecule has 94 valence electrons. The Kier molecular flexibility index (Phi) is 2.45. The number of halogens is 1. The molecule has 1 atom stereocenters. The van der Waals surface area contributed by atoms with Crippen molar-refractivity contribution in [3.05, 3.63) is 36.0 Å². The number of nitrogens with zero attached hydrogens (tertiary/aromatic N) is 2. The van der Waals surface area contributed by atoms with Gasteiger partial charge in [-0.15, -0.1) is 0 Å². The standard InChI is InChI=1S/C13H14FN3O/c1-13(15,8-6-7-8)12-16-11(17-18-12)9-4-2-3-5-10(9)14/h2-5,8H,6-7,15H2,1H3. The highest BCUT2D eigenvalue weighted by molar-refractivity contribution is 5.54. The fourth-order valence-corrected chi connectivity index (χ4v) is 2.05. The van der Waals surface area contributed by atoms with Crippen LogP contribution in [0.1, 0.15) is 25.7 Å². The van der Waals surface area contributed by atoms with Crippen molar-refractivity contribution in [2.75, 3.05) is 0 Å². The second-order valence-electron chi connectivity index (χ2n) is 4.96. The van der Waals surface area contributed by atoms with Crippen LogP contribution in [0, 0.1) is 11.7 Å². The summed E-state index contributed by atoms with van der Waals surface area (Å²) in [7, 11) is 0. The number of nitrogens with two attached hydrogens (primary N) is 1. The van der Waals surface area contributed by atoms with Crippen LogP contribution in [0.25, 0.3) is 11.4 Å². The average molecular weight is 247 g/mol. The first-order chi connectivity index (χ1) is 8.59. The van der Waals surface area contributed by atoms with Crippen LogP contribution in [0.4, 0.5) is 4.39 Å². The summed E-state index contributed by atoms with van der Waals surface area (Å²) in [5, 5.41) is 3.82. The third-order valence-corrected chi connectivity index (χ3v) is 3.43. The van der Waals surface area contributed by atoms with Crippen molar-refractivity contribution in [1.29, 1.82) is 0 Å². The molecule has 0 bridgehead atoms. The molecule has 1 unspecified atom stereocenters. The van der Waals surface area contributed by atoms with Gasteiger partial charge in [-0.3, -0.25) is 0 Å². The second-order valence-corrected chi connectivity index (χ2v) is 4.96. The van der Waals surface area contributed by atoms with Gasteiger partial charge in [0, 0.05) is 0 Å². The van der Waals surface area contributed by atoms with Crippen molar-refractivity contribution in [2.45, 2.75) is 25.3 Å². The Bertz CT molecular complexity index is 575. The third kappa shape index (κ3) is 1.80. The quantitative estimate of drug-likeness (QED) is 0.904. The van der Waals surface area contributed by atoms with Crippen LogP contribution in [0.2, 0.25) is 0 Å². The van der Waals surface area contributed by atoms with E-state index in [4.69, 9.17) is 10.3 Å². The zero-order valence-corrected chi connectivity index (χ0v) is 10.1. The first-order valence-corrected chi connectivity index (χ1v) is 5.97. The number of aromatic nitrogens is 2. The lowest BCUT2D eigenvalue weighted by atomic mass is 9.97. The average Bonchev–Trinajstić information content (AvgIpc) is 3.09. The zero-order chi connectivity index (χ0) is 12.8. The number of hydrogen-bond acceptors (Lipinski definition) is 4. The lowest BCUT2D eigenvalue weighted by molar-refractivity contribution is 0.273. The van der Waals surface area contributed by atoms with Gasteiger partial charge in [0.15, 0.2) is 0 Å². The van der Waals surface area contributed by atoms with Gasteiger partial charge in [-0.1, -0.05) is 17.3 Å². The monoisotopic (exact) mass is 247 g/mol. The van der Waals surface area contributed by atoms with Crippen LogP contribution in [-0.4, -0.2) is 10.1 Å². The van der Waals surface area contributed by atoms with Crippen LogP contribution in [0.15, 0.2) is 28.8 Å². The van der Waals surface area contributed by atoms with Gasteiger partial charge < -0.3 is 10.3 Å². The lowest BCUT2D eigenvalue weighted by Gasteiger charge is -2.18. The molecule has 1 aliphatic rings. The molecular formula is C13H14FN3O. The predicted octanol–water partition coefficient (Wildman–Crippen LogP) is 2.46. The minimum atomic E-state index is -0.615. The van der Waals surface area contributed by atoms with Gasteiger partial charge in [0.25, 0.3) is 0 Å². The van der Waals surface area contributed by atoms with Crippen LogP contribution in [0.5, 0.6) is 0 Å². The first-order valence-electron chi connectivity index (χ1n) is 5.97.